The van der Waals surface area contributed by atoms with Gasteiger partial charge in [-0.1, -0.05) is 6.92 Å². The van der Waals surface area contributed by atoms with Crippen LogP contribution in [0.2, 0.25) is 0 Å². The Balaban J connectivity index is 2.75. The monoisotopic (exact) mass is 284 g/mol. The fourth-order valence-electron chi connectivity index (χ4n) is 1.57. The molecular formula is C13H20N2O3S. The first kappa shape index (κ1) is 15.8. The van der Waals surface area contributed by atoms with E-state index in [0.29, 0.717) is 6.61 Å². The van der Waals surface area contributed by atoms with Gasteiger partial charge in [-0.15, -0.1) is 0 Å². The van der Waals surface area contributed by atoms with Crippen LogP contribution in [0.4, 0.5) is 11.4 Å². The molecular weight excluding hydrogens is 264 g/mol. The molecule has 0 heterocycles. The molecule has 0 unspecified atom stereocenters. The molecule has 0 aliphatic carbocycles. The van der Waals surface area contributed by atoms with Crippen molar-refractivity contribution < 1.29 is 9.66 Å². The Kier molecular flexibility index (Phi) is 7.28. The molecule has 0 bridgehead atoms. The number of benzene rings is 1. The van der Waals surface area contributed by atoms with E-state index in [9.17, 15) is 10.1 Å². The number of hydrogen-bond donors (Lipinski definition) is 1. The first-order valence-corrected chi connectivity index (χ1v) is 7.42. The number of nitro groups is 1. The van der Waals surface area contributed by atoms with Gasteiger partial charge in [0, 0.05) is 43.0 Å². The Morgan fingerprint density at radius 2 is 2.26 bits per heavy atom. The van der Waals surface area contributed by atoms with E-state index < -0.39 is 0 Å². The predicted octanol–water partition coefficient (Wildman–Crippen LogP) is 3.30. The van der Waals surface area contributed by atoms with Crippen LogP contribution < -0.4 is 5.32 Å². The molecule has 1 N–H and O–H groups in total. The second-order valence-corrected chi connectivity index (χ2v) is 5.18. The number of methoxy groups -OCH3 is 1. The van der Waals surface area contributed by atoms with Crippen LogP contribution in [0.25, 0.3) is 0 Å². The molecule has 0 radical (unpaired) electrons. The number of nitrogens with one attached hydrogen (secondary N) is 1. The van der Waals surface area contributed by atoms with Crippen molar-refractivity contribution in [2.24, 2.45) is 0 Å². The molecule has 19 heavy (non-hydrogen) atoms. The Labute approximate surface area is 117 Å². The van der Waals surface area contributed by atoms with Gasteiger partial charge in [0.1, 0.15) is 0 Å². The van der Waals surface area contributed by atoms with Crippen LogP contribution in [0.3, 0.4) is 0 Å². The highest BCUT2D eigenvalue weighted by molar-refractivity contribution is 7.98. The number of thioether (sulfide) groups is 1. The van der Waals surface area contributed by atoms with Gasteiger partial charge in [0.15, 0.2) is 0 Å². The van der Waals surface area contributed by atoms with E-state index >= 15 is 0 Å². The number of nitro benzene ring substituents is 1. The molecule has 0 saturated carbocycles. The first-order valence-electron chi connectivity index (χ1n) is 6.27. The topological polar surface area (TPSA) is 64.4 Å². The van der Waals surface area contributed by atoms with Gasteiger partial charge in [-0.3, -0.25) is 10.1 Å². The maximum Gasteiger partial charge on any atom is 0.269 e. The summed E-state index contributed by atoms with van der Waals surface area (Å²) in [4.78, 5) is 10.5. The van der Waals surface area contributed by atoms with Crippen LogP contribution in [0.1, 0.15) is 18.9 Å². The molecule has 6 heteroatoms. The molecule has 1 aromatic rings. The Morgan fingerprint density at radius 1 is 1.47 bits per heavy atom. The summed E-state index contributed by atoms with van der Waals surface area (Å²) < 4.78 is 4.99. The van der Waals surface area contributed by atoms with Gasteiger partial charge in [-0.25, -0.2) is 0 Å². The highest BCUT2D eigenvalue weighted by atomic mass is 32.2. The zero-order valence-electron chi connectivity index (χ0n) is 11.3. The van der Waals surface area contributed by atoms with Crippen molar-refractivity contribution in [3.05, 3.63) is 33.9 Å². The highest BCUT2D eigenvalue weighted by Crippen LogP contribution is 2.26. The van der Waals surface area contributed by atoms with Gasteiger partial charge in [-0.05, 0) is 18.1 Å². The first-order chi connectivity index (χ1) is 9.19. The lowest BCUT2D eigenvalue weighted by Crippen LogP contribution is -2.03. The molecule has 0 aromatic heterocycles. The van der Waals surface area contributed by atoms with Gasteiger partial charge in [0.2, 0.25) is 0 Å². The molecule has 1 rings (SSSR count). The van der Waals surface area contributed by atoms with E-state index in [2.05, 4.69) is 12.2 Å². The van der Waals surface area contributed by atoms with Crippen molar-refractivity contribution in [1.29, 1.82) is 0 Å². The third-order valence-corrected chi connectivity index (χ3v) is 3.52. The van der Waals surface area contributed by atoms with Crippen LogP contribution in [0.5, 0.6) is 0 Å². The fourth-order valence-corrected chi connectivity index (χ4v) is 2.46. The molecule has 0 fully saturated rings. The van der Waals surface area contributed by atoms with E-state index in [0.717, 1.165) is 35.7 Å². The van der Waals surface area contributed by atoms with E-state index in [1.807, 2.05) is 0 Å². The molecule has 0 amide bonds. The van der Waals surface area contributed by atoms with Crippen molar-refractivity contribution in [3.8, 4) is 0 Å². The zero-order valence-corrected chi connectivity index (χ0v) is 12.2. The highest BCUT2D eigenvalue weighted by Gasteiger charge is 2.10. The SMILES string of the molecule is CCCNc1ccc([N+](=O)[O-])cc1CSCCOC. The van der Waals surface area contributed by atoms with Gasteiger partial charge in [0.05, 0.1) is 11.5 Å². The lowest BCUT2D eigenvalue weighted by molar-refractivity contribution is -0.384. The maximum absolute atomic E-state index is 10.8. The van der Waals surface area contributed by atoms with Gasteiger partial charge in [-0.2, -0.15) is 11.8 Å². The predicted molar refractivity (Wildman–Crippen MR) is 79.9 cm³/mol. The second-order valence-electron chi connectivity index (χ2n) is 4.07. The number of hydrogen-bond acceptors (Lipinski definition) is 5. The Bertz CT molecular complexity index is 413. The van der Waals surface area contributed by atoms with Gasteiger partial charge >= 0.3 is 0 Å². The number of anilines is 1. The van der Waals surface area contributed by atoms with Gasteiger partial charge < -0.3 is 10.1 Å². The average molecular weight is 284 g/mol. The Morgan fingerprint density at radius 3 is 2.89 bits per heavy atom. The molecule has 106 valence electrons. The molecule has 1 aromatic carbocycles. The summed E-state index contributed by atoms with van der Waals surface area (Å²) in [6.07, 6.45) is 1.02. The largest absolute Gasteiger partial charge is 0.385 e. The van der Waals surface area contributed by atoms with Crippen molar-refractivity contribution in [3.63, 3.8) is 0 Å². The van der Waals surface area contributed by atoms with Crippen LogP contribution >= 0.6 is 11.8 Å². The molecule has 0 aliphatic heterocycles. The number of non-ortho nitro benzene ring substituents is 1. The van der Waals surface area contributed by atoms with Crippen LogP contribution in [0, 0.1) is 10.1 Å². The lowest BCUT2D eigenvalue weighted by Gasteiger charge is -2.11. The number of rotatable bonds is 9. The molecule has 0 spiro atoms. The summed E-state index contributed by atoms with van der Waals surface area (Å²) in [6, 6.07) is 4.99. The summed E-state index contributed by atoms with van der Waals surface area (Å²) in [5.74, 6) is 1.63. The van der Waals surface area contributed by atoms with Crippen LogP contribution in [-0.2, 0) is 10.5 Å². The summed E-state index contributed by atoms with van der Waals surface area (Å²) in [6.45, 7) is 3.65. The minimum absolute atomic E-state index is 0.143. The fraction of sp³-hybridized carbons (Fsp3) is 0.538. The summed E-state index contributed by atoms with van der Waals surface area (Å²) in [7, 11) is 1.67. The Hall–Kier alpha value is -1.27. The van der Waals surface area contributed by atoms with E-state index in [1.165, 1.54) is 0 Å². The van der Waals surface area contributed by atoms with Crippen LogP contribution in [0.15, 0.2) is 18.2 Å². The third-order valence-electron chi connectivity index (χ3n) is 2.55. The minimum atomic E-state index is -0.354. The zero-order chi connectivity index (χ0) is 14.1. The molecule has 0 saturated heterocycles. The number of ether oxygens (including phenoxy) is 1. The van der Waals surface area contributed by atoms with Crippen molar-refractivity contribution in [1.82, 2.24) is 0 Å². The quantitative estimate of drug-likeness (QED) is 0.428. The molecule has 0 atom stereocenters. The van der Waals surface area contributed by atoms with Crippen molar-refractivity contribution in [2.45, 2.75) is 19.1 Å². The van der Waals surface area contributed by atoms with E-state index in [1.54, 1.807) is 37.1 Å². The van der Waals surface area contributed by atoms with E-state index in [4.69, 9.17) is 4.74 Å². The third kappa shape index (κ3) is 5.48. The summed E-state index contributed by atoms with van der Waals surface area (Å²) >= 11 is 1.71. The summed E-state index contributed by atoms with van der Waals surface area (Å²) in [5, 5.41) is 14.1. The minimum Gasteiger partial charge on any atom is -0.385 e. The number of nitrogens with zero attached hydrogens (tertiary/aromatic N) is 1. The second kappa shape index (κ2) is 8.77. The van der Waals surface area contributed by atoms with Gasteiger partial charge in [0.25, 0.3) is 5.69 Å². The van der Waals surface area contributed by atoms with Crippen molar-refractivity contribution >= 4 is 23.1 Å². The maximum atomic E-state index is 10.8. The lowest BCUT2D eigenvalue weighted by atomic mass is 10.1. The van der Waals surface area contributed by atoms with Crippen LogP contribution in [-0.4, -0.2) is 30.9 Å². The van der Waals surface area contributed by atoms with Crippen molar-refractivity contribution in [2.75, 3.05) is 31.3 Å². The smallest absolute Gasteiger partial charge is 0.269 e. The summed E-state index contributed by atoms with van der Waals surface area (Å²) in [5.41, 5.74) is 2.10. The standard InChI is InChI=1S/C13H20N2O3S/c1-3-6-14-13-5-4-12(15(16)17)9-11(13)10-19-8-7-18-2/h4-5,9,14H,3,6-8,10H2,1-2H3. The van der Waals surface area contributed by atoms with E-state index in [-0.39, 0.29) is 10.6 Å². The molecule has 5 nitrogen and oxygen atoms in total. The average Bonchev–Trinajstić information content (AvgIpc) is 2.41. The molecule has 0 aliphatic rings. The normalized spacial score (nSPS) is 10.4.